The van der Waals surface area contributed by atoms with Crippen molar-refractivity contribution in [3.05, 3.63) is 24.2 Å². The standard InChI is InChI=1S/C27H34O9/c1-22(2)16(10-17(28)33-5)24(4)19(30)15-11-27(36-21(15)22)25(24,31)8-7-23(3)20(14-6-9-34-13-14)35-18(29)12-26(23,27)32/h6,9,13,15-16,20-21,31-32H,7-8,10-12H2,1-5H3/t15?,16-,20-,21+,23-,24+,25-,26-,27-/m0/s1. The van der Waals surface area contributed by atoms with Gasteiger partial charge in [0, 0.05) is 23.3 Å². The summed E-state index contributed by atoms with van der Waals surface area (Å²) >= 11 is 0. The number of furan rings is 1. The van der Waals surface area contributed by atoms with Gasteiger partial charge in [-0.15, -0.1) is 0 Å². The van der Waals surface area contributed by atoms with Crippen molar-refractivity contribution in [2.75, 3.05) is 7.11 Å². The van der Waals surface area contributed by atoms with Crippen LogP contribution in [-0.4, -0.2) is 58.0 Å². The van der Waals surface area contributed by atoms with Crippen molar-refractivity contribution in [1.82, 2.24) is 0 Å². The van der Waals surface area contributed by atoms with Crippen LogP contribution in [0, 0.1) is 28.1 Å². The van der Waals surface area contributed by atoms with Crippen molar-refractivity contribution in [1.29, 1.82) is 0 Å². The molecule has 3 saturated carbocycles. The molecule has 5 fully saturated rings. The van der Waals surface area contributed by atoms with Gasteiger partial charge in [-0.3, -0.25) is 14.4 Å². The first kappa shape index (κ1) is 24.1. The Hall–Kier alpha value is -2.23. The van der Waals surface area contributed by atoms with Gasteiger partial charge in [-0.25, -0.2) is 0 Å². The molecule has 0 aromatic carbocycles. The molecule has 9 atom stereocenters. The Morgan fingerprint density at radius 3 is 2.50 bits per heavy atom. The average molecular weight is 503 g/mol. The maximum Gasteiger partial charge on any atom is 0.309 e. The van der Waals surface area contributed by atoms with Crippen molar-refractivity contribution in [2.45, 2.75) is 88.8 Å². The largest absolute Gasteiger partial charge is 0.472 e. The Kier molecular flexibility index (Phi) is 4.55. The topological polar surface area (TPSA) is 132 Å². The summed E-state index contributed by atoms with van der Waals surface area (Å²) < 4.78 is 22.9. The first-order valence-electron chi connectivity index (χ1n) is 12.7. The maximum absolute atomic E-state index is 14.1. The minimum Gasteiger partial charge on any atom is -0.472 e. The molecule has 9 nitrogen and oxygen atoms in total. The fourth-order valence-corrected chi connectivity index (χ4v) is 9.30. The summed E-state index contributed by atoms with van der Waals surface area (Å²) in [4.78, 5) is 39.7. The van der Waals surface area contributed by atoms with E-state index in [-0.39, 0.29) is 37.9 Å². The van der Waals surface area contributed by atoms with E-state index in [0.717, 1.165) is 0 Å². The van der Waals surface area contributed by atoms with Gasteiger partial charge in [0.25, 0.3) is 0 Å². The molecule has 1 unspecified atom stereocenters. The average Bonchev–Trinajstić information content (AvgIpc) is 3.48. The van der Waals surface area contributed by atoms with E-state index in [1.54, 1.807) is 13.0 Å². The monoisotopic (exact) mass is 502 g/mol. The van der Waals surface area contributed by atoms with Crippen LogP contribution in [0.4, 0.5) is 0 Å². The van der Waals surface area contributed by atoms with Crippen LogP contribution in [0.25, 0.3) is 0 Å². The third-order valence-corrected chi connectivity index (χ3v) is 11.2. The van der Waals surface area contributed by atoms with Crippen LogP contribution in [0.2, 0.25) is 0 Å². The van der Waals surface area contributed by atoms with Crippen molar-refractivity contribution in [2.24, 2.45) is 28.1 Å². The number of carbonyl (C=O) groups excluding carboxylic acids is 3. The molecule has 36 heavy (non-hydrogen) atoms. The lowest BCUT2D eigenvalue weighted by Crippen LogP contribution is -2.84. The zero-order valence-corrected chi connectivity index (χ0v) is 21.3. The Balaban J connectivity index is 1.58. The lowest BCUT2D eigenvalue weighted by molar-refractivity contribution is -0.358. The molecule has 1 aromatic heterocycles. The number of rotatable bonds is 3. The molecule has 5 aliphatic rings. The van der Waals surface area contributed by atoms with E-state index in [4.69, 9.17) is 18.6 Å². The second-order valence-corrected chi connectivity index (χ2v) is 12.6. The molecule has 6 rings (SSSR count). The zero-order chi connectivity index (χ0) is 26.1. The molecule has 3 aliphatic carbocycles. The molecule has 3 bridgehead atoms. The number of Topliss-reactive ketones (excluding diaryl/α,β-unsaturated/α-hetero) is 1. The summed E-state index contributed by atoms with van der Waals surface area (Å²) in [5, 5.41) is 25.5. The van der Waals surface area contributed by atoms with Crippen molar-refractivity contribution < 1.29 is 43.2 Å². The number of carbonyl (C=O) groups is 3. The smallest absolute Gasteiger partial charge is 0.309 e. The van der Waals surface area contributed by atoms with E-state index >= 15 is 0 Å². The first-order chi connectivity index (χ1) is 16.7. The molecular formula is C27H34O9. The number of ether oxygens (including phenoxy) is 3. The second-order valence-electron chi connectivity index (χ2n) is 12.6. The Morgan fingerprint density at radius 2 is 1.86 bits per heavy atom. The van der Waals surface area contributed by atoms with Gasteiger partial charge in [0.05, 0.1) is 37.6 Å². The normalized spacial score (nSPS) is 50.3. The van der Waals surface area contributed by atoms with Gasteiger partial charge in [0.1, 0.15) is 28.7 Å². The molecule has 196 valence electrons. The molecule has 1 spiro atoms. The summed E-state index contributed by atoms with van der Waals surface area (Å²) in [5.74, 6) is -2.39. The molecule has 9 heteroatoms. The number of fused-ring (bicyclic) bond motifs is 3. The maximum atomic E-state index is 14.1. The minimum absolute atomic E-state index is 0.0634. The van der Waals surface area contributed by atoms with Gasteiger partial charge >= 0.3 is 11.9 Å². The summed E-state index contributed by atoms with van der Waals surface area (Å²) in [6.45, 7) is 7.49. The van der Waals surface area contributed by atoms with Crippen LogP contribution < -0.4 is 0 Å². The lowest BCUT2D eigenvalue weighted by atomic mass is 9.35. The van der Waals surface area contributed by atoms with Gasteiger partial charge in [-0.1, -0.05) is 20.8 Å². The van der Waals surface area contributed by atoms with E-state index in [1.165, 1.54) is 19.6 Å². The number of hydrogen-bond donors (Lipinski definition) is 2. The molecule has 0 amide bonds. The molecule has 2 N–H and O–H groups in total. The van der Waals surface area contributed by atoms with Gasteiger partial charge in [-0.05, 0) is 43.6 Å². The number of ketones is 1. The van der Waals surface area contributed by atoms with Gasteiger partial charge in [0.15, 0.2) is 0 Å². The molecule has 1 aromatic rings. The van der Waals surface area contributed by atoms with Crippen molar-refractivity contribution >= 4 is 17.7 Å². The zero-order valence-electron chi connectivity index (χ0n) is 21.3. The number of methoxy groups -OCH3 is 1. The van der Waals surface area contributed by atoms with Gasteiger partial charge in [-0.2, -0.15) is 0 Å². The molecule has 2 saturated heterocycles. The van der Waals surface area contributed by atoms with Gasteiger partial charge in [0.2, 0.25) is 0 Å². The predicted molar refractivity (Wildman–Crippen MR) is 122 cm³/mol. The molecule has 0 radical (unpaired) electrons. The number of esters is 2. The molecule has 2 aliphatic heterocycles. The second kappa shape index (κ2) is 6.79. The minimum atomic E-state index is -1.84. The Bertz CT molecular complexity index is 1160. The fraction of sp³-hybridized carbons (Fsp3) is 0.741. The quantitative estimate of drug-likeness (QED) is 0.598. The van der Waals surface area contributed by atoms with E-state index in [9.17, 15) is 24.6 Å². The van der Waals surface area contributed by atoms with E-state index < -0.39 is 69.0 Å². The van der Waals surface area contributed by atoms with Crippen LogP contribution in [0.3, 0.4) is 0 Å². The van der Waals surface area contributed by atoms with E-state index in [0.29, 0.717) is 5.56 Å². The first-order valence-corrected chi connectivity index (χ1v) is 12.7. The highest BCUT2D eigenvalue weighted by Crippen LogP contribution is 2.78. The van der Waals surface area contributed by atoms with E-state index in [2.05, 4.69) is 0 Å². The predicted octanol–water partition coefficient (Wildman–Crippen LogP) is 2.48. The van der Waals surface area contributed by atoms with Crippen molar-refractivity contribution in [3.8, 4) is 0 Å². The van der Waals surface area contributed by atoms with E-state index in [1.807, 2.05) is 20.8 Å². The van der Waals surface area contributed by atoms with Crippen LogP contribution in [0.1, 0.15) is 71.5 Å². The molecular weight excluding hydrogens is 468 g/mol. The Labute approximate surface area is 209 Å². The van der Waals surface area contributed by atoms with Crippen LogP contribution in [0.5, 0.6) is 0 Å². The van der Waals surface area contributed by atoms with Crippen LogP contribution in [-0.2, 0) is 28.6 Å². The third-order valence-electron chi connectivity index (χ3n) is 11.2. The van der Waals surface area contributed by atoms with Gasteiger partial charge < -0.3 is 28.8 Å². The van der Waals surface area contributed by atoms with Crippen molar-refractivity contribution in [3.63, 3.8) is 0 Å². The summed E-state index contributed by atoms with van der Waals surface area (Å²) in [7, 11) is 1.30. The summed E-state index contributed by atoms with van der Waals surface area (Å²) in [6.07, 6.45) is 1.60. The Morgan fingerprint density at radius 1 is 1.14 bits per heavy atom. The number of cyclic esters (lactones) is 1. The highest BCUT2D eigenvalue weighted by Gasteiger charge is 2.89. The van der Waals surface area contributed by atoms with Crippen LogP contribution in [0.15, 0.2) is 23.0 Å². The number of aliphatic hydroxyl groups is 2. The SMILES string of the molecule is COC(=O)C[C@H]1C(C)(C)[C@@H]2O[C@@]34CC2C(=O)[C@]1(C)[C@@]3(O)CC[C@@]1(C)[C@H](c2ccoc2)OC(=O)C[C@@]41O. The summed E-state index contributed by atoms with van der Waals surface area (Å²) in [5.41, 5.74) is -7.76. The lowest BCUT2D eigenvalue weighted by Gasteiger charge is -2.71. The molecule has 3 heterocycles. The summed E-state index contributed by atoms with van der Waals surface area (Å²) in [6, 6.07) is 1.70. The highest BCUT2D eigenvalue weighted by molar-refractivity contribution is 5.93. The fourth-order valence-electron chi connectivity index (χ4n) is 9.30. The third kappa shape index (κ3) is 2.28. The number of hydrogen-bond acceptors (Lipinski definition) is 9. The van der Waals surface area contributed by atoms with Crippen LogP contribution >= 0.6 is 0 Å². The highest BCUT2D eigenvalue weighted by atomic mass is 16.6.